The molecule has 0 aromatic carbocycles. The van der Waals surface area contributed by atoms with Crippen LogP contribution in [0.4, 0.5) is 0 Å². The van der Waals surface area contributed by atoms with Gasteiger partial charge in [-0.05, 0) is 19.3 Å². The number of unbranched alkanes of at least 4 members (excludes halogenated alkanes) is 6. The first-order valence-electron chi connectivity index (χ1n) is 8.67. The van der Waals surface area contributed by atoms with Gasteiger partial charge >= 0.3 is 0 Å². The van der Waals surface area contributed by atoms with Crippen LogP contribution < -0.4 is 5.32 Å². The molecule has 0 spiro atoms. The normalized spacial score (nSPS) is 23.3. The highest BCUT2D eigenvalue weighted by molar-refractivity contribution is 6.21. The van der Waals surface area contributed by atoms with E-state index >= 15 is 0 Å². The molecular formula is C17H32ClNO. The number of alkyl halides is 1. The molecule has 0 radical (unpaired) electrons. The molecule has 0 aliphatic heterocycles. The molecule has 118 valence electrons. The number of hydrogen-bond donors (Lipinski definition) is 1. The van der Waals surface area contributed by atoms with Crippen molar-refractivity contribution in [3.05, 3.63) is 0 Å². The second-order valence-corrected chi connectivity index (χ2v) is 6.76. The lowest BCUT2D eigenvalue weighted by atomic mass is 10.1. The number of nitrogens with one attached hydrogen (secondary N) is 1. The van der Waals surface area contributed by atoms with Crippen LogP contribution in [0, 0.1) is 0 Å². The Balaban J connectivity index is 2.04. The summed E-state index contributed by atoms with van der Waals surface area (Å²) in [5.74, 6) is 0.205. The fraction of sp³-hybridized carbons (Fsp3) is 0.941. The van der Waals surface area contributed by atoms with Crippen molar-refractivity contribution in [2.24, 2.45) is 0 Å². The van der Waals surface area contributed by atoms with E-state index in [-0.39, 0.29) is 17.3 Å². The Bertz CT molecular complexity index is 257. The minimum absolute atomic E-state index is 0.135. The van der Waals surface area contributed by atoms with Gasteiger partial charge < -0.3 is 5.32 Å². The average Bonchev–Trinajstić information content (AvgIpc) is 2.63. The van der Waals surface area contributed by atoms with Gasteiger partial charge in [-0.3, -0.25) is 4.79 Å². The molecule has 0 bridgehead atoms. The lowest BCUT2D eigenvalue weighted by Gasteiger charge is -2.21. The molecule has 0 aromatic heterocycles. The summed E-state index contributed by atoms with van der Waals surface area (Å²) in [6.45, 7) is 2.24. The van der Waals surface area contributed by atoms with Gasteiger partial charge in [0.1, 0.15) is 0 Å². The Labute approximate surface area is 130 Å². The monoisotopic (exact) mass is 301 g/mol. The Hall–Kier alpha value is -0.240. The van der Waals surface area contributed by atoms with Crippen molar-refractivity contribution < 1.29 is 4.79 Å². The van der Waals surface area contributed by atoms with Crippen LogP contribution in [0.1, 0.15) is 90.4 Å². The number of carbonyl (C=O) groups is 1. The molecule has 1 amide bonds. The molecule has 0 aromatic rings. The highest BCUT2D eigenvalue weighted by Gasteiger charge is 2.22. The van der Waals surface area contributed by atoms with E-state index in [9.17, 15) is 4.79 Å². The van der Waals surface area contributed by atoms with E-state index < -0.39 is 0 Å². The summed E-state index contributed by atoms with van der Waals surface area (Å²) in [6, 6.07) is 0.205. The van der Waals surface area contributed by atoms with Crippen LogP contribution in [0.5, 0.6) is 0 Å². The van der Waals surface area contributed by atoms with Crippen LogP contribution in [0.2, 0.25) is 0 Å². The molecule has 2 nitrogen and oxygen atoms in total. The second kappa shape index (κ2) is 11.4. The minimum atomic E-state index is 0.135. The summed E-state index contributed by atoms with van der Waals surface area (Å²) in [4.78, 5) is 11.9. The molecule has 2 unspecified atom stereocenters. The van der Waals surface area contributed by atoms with Crippen molar-refractivity contribution in [2.45, 2.75) is 102 Å². The van der Waals surface area contributed by atoms with Gasteiger partial charge in [0.15, 0.2) is 0 Å². The van der Waals surface area contributed by atoms with Crippen LogP contribution in [-0.2, 0) is 4.79 Å². The molecule has 0 saturated heterocycles. The lowest BCUT2D eigenvalue weighted by Crippen LogP contribution is -2.40. The van der Waals surface area contributed by atoms with Gasteiger partial charge in [0.2, 0.25) is 5.91 Å². The fourth-order valence-electron chi connectivity index (χ4n) is 2.95. The summed E-state index contributed by atoms with van der Waals surface area (Å²) in [5, 5.41) is 3.28. The van der Waals surface area contributed by atoms with Crippen LogP contribution in [-0.4, -0.2) is 17.3 Å². The van der Waals surface area contributed by atoms with Crippen molar-refractivity contribution in [3.8, 4) is 0 Å². The molecule has 3 heteroatoms. The molecule has 20 heavy (non-hydrogen) atoms. The standard InChI is InChI=1S/C17H32ClNO/c1-2-3-4-5-6-7-11-14-17(20)19-16-13-10-8-9-12-15(16)18/h15-16H,2-14H2,1H3,(H,19,20). The molecule has 1 aliphatic rings. The maximum absolute atomic E-state index is 11.9. The van der Waals surface area contributed by atoms with Gasteiger partial charge in [0, 0.05) is 12.5 Å². The van der Waals surface area contributed by atoms with Crippen LogP contribution >= 0.6 is 11.6 Å². The molecule has 1 saturated carbocycles. The second-order valence-electron chi connectivity index (χ2n) is 6.20. The average molecular weight is 302 g/mol. The van der Waals surface area contributed by atoms with Crippen molar-refractivity contribution in [1.29, 1.82) is 0 Å². The van der Waals surface area contributed by atoms with E-state index in [1.807, 2.05) is 0 Å². The fourth-order valence-corrected chi connectivity index (χ4v) is 3.29. The summed E-state index contributed by atoms with van der Waals surface area (Å²) in [5.41, 5.74) is 0. The van der Waals surface area contributed by atoms with Crippen molar-refractivity contribution in [1.82, 2.24) is 5.32 Å². The van der Waals surface area contributed by atoms with Gasteiger partial charge in [0.25, 0.3) is 0 Å². The Morgan fingerprint density at radius 3 is 2.40 bits per heavy atom. The SMILES string of the molecule is CCCCCCCCCC(=O)NC1CCCCCC1Cl. The van der Waals surface area contributed by atoms with Gasteiger partial charge in [0.05, 0.1) is 5.38 Å². The van der Waals surface area contributed by atoms with E-state index in [4.69, 9.17) is 11.6 Å². The van der Waals surface area contributed by atoms with Gasteiger partial charge in [-0.15, -0.1) is 11.6 Å². The largest absolute Gasteiger partial charge is 0.352 e. The predicted molar refractivity (Wildman–Crippen MR) is 87.3 cm³/mol. The lowest BCUT2D eigenvalue weighted by molar-refractivity contribution is -0.122. The maximum Gasteiger partial charge on any atom is 0.220 e. The zero-order valence-corrected chi connectivity index (χ0v) is 13.9. The van der Waals surface area contributed by atoms with Crippen molar-refractivity contribution in [3.63, 3.8) is 0 Å². The Morgan fingerprint density at radius 1 is 1.00 bits per heavy atom. The van der Waals surface area contributed by atoms with E-state index in [0.29, 0.717) is 6.42 Å². The summed E-state index contributed by atoms with van der Waals surface area (Å²) >= 11 is 6.35. The molecule has 1 rings (SSSR count). The first kappa shape index (κ1) is 17.8. The van der Waals surface area contributed by atoms with Crippen LogP contribution in [0.3, 0.4) is 0 Å². The Morgan fingerprint density at radius 2 is 1.65 bits per heavy atom. The highest BCUT2D eigenvalue weighted by atomic mass is 35.5. The summed E-state index contributed by atoms with van der Waals surface area (Å²) in [7, 11) is 0. The minimum Gasteiger partial charge on any atom is -0.352 e. The molecule has 2 atom stereocenters. The molecule has 1 N–H and O–H groups in total. The smallest absolute Gasteiger partial charge is 0.220 e. The zero-order valence-electron chi connectivity index (χ0n) is 13.1. The van der Waals surface area contributed by atoms with E-state index in [0.717, 1.165) is 19.3 Å². The van der Waals surface area contributed by atoms with E-state index in [1.54, 1.807) is 0 Å². The number of amides is 1. The third-order valence-electron chi connectivity index (χ3n) is 4.29. The van der Waals surface area contributed by atoms with Gasteiger partial charge in [-0.2, -0.15) is 0 Å². The third-order valence-corrected chi connectivity index (χ3v) is 4.81. The first-order chi connectivity index (χ1) is 9.74. The number of halogens is 1. The Kier molecular flexibility index (Phi) is 10.2. The van der Waals surface area contributed by atoms with Crippen LogP contribution in [0.15, 0.2) is 0 Å². The van der Waals surface area contributed by atoms with E-state index in [2.05, 4.69) is 12.2 Å². The highest BCUT2D eigenvalue weighted by Crippen LogP contribution is 2.22. The quantitative estimate of drug-likeness (QED) is 0.355. The zero-order chi connectivity index (χ0) is 14.6. The third kappa shape index (κ3) is 8.14. The predicted octanol–water partition coefficient (Wildman–Crippen LogP) is 5.18. The van der Waals surface area contributed by atoms with Crippen LogP contribution in [0.25, 0.3) is 0 Å². The van der Waals surface area contributed by atoms with Crippen molar-refractivity contribution >= 4 is 17.5 Å². The number of rotatable bonds is 9. The van der Waals surface area contributed by atoms with Gasteiger partial charge in [-0.25, -0.2) is 0 Å². The maximum atomic E-state index is 11.9. The number of hydrogen-bond acceptors (Lipinski definition) is 1. The van der Waals surface area contributed by atoms with Crippen molar-refractivity contribution in [2.75, 3.05) is 0 Å². The first-order valence-corrected chi connectivity index (χ1v) is 9.11. The van der Waals surface area contributed by atoms with Gasteiger partial charge in [-0.1, -0.05) is 64.7 Å². The molecule has 1 fully saturated rings. The summed E-state index contributed by atoms with van der Waals surface area (Å²) < 4.78 is 0. The molecular weight excluding hydrogens is 270 g/mol. The number of carbonyl (C=O) groups excluding carboxylic acids is 1. The summed E-state index contributed by atoms with van der Waals surface area (Å²) in [6.07, 6.45) is 15.2. The topological polar surface area (TPSA) is 29.1 Å². The molecule has 1 aliphatic carbocycles. The molecule has 0 heterocycles. The van der Waals surface area contributed by atoms with E-state index in [1.165, 1.54) is 57.8 Å².